The van der Waals surface area contributed by atoms with Crippen molar-refractivity contribution < 1.29 is 14.4 Å². The predicted molar refractivity (Wildman–Crippen MR) is 137 cm³/mol. The summed E-state index contributed by atoms with van der Waals surface area (Å²) in [7, 11) is 0. The second-order valence-corrected chi connectivity index (χ2v) is 9.47. The second-order valence-electron chi connectivity index (χ2n) is 9.47. The third kappa shape index (κ3) is 2.84. The molecule has 0 bridgehead atoms. The molecule has 6 nitrogen and oxygen atoms in total. The number of hydrazone groups is 1. The second kappa shape index (κ2) is 7.71. The van der Waals surface area contributed by atoms with Crippen LogP contribution in [0.25, 0.3) is 10.8 Å². The monoisotopic (exact) mass is 471 g/mol. The van der Waals surface area contributed by atoms with E-state index >= 15 is 0 Å². The number of carbonyl (C=O) groups is 3. The van der Waals surface area contributed by atoms with Crippen LogP contribution in [0, 0.1) is 11.8 Å². The number of ketones is 1. The number of anilines is 1. The fourth-order valence-electron chi connectivity index (χ4n) is 6.01. The van der Waals surface area contributed by atoms with Crippen LogP contribution in [-0.2, 0) is 9.59 Å². The van der Waals surface area contributed by atoms with Crippen LogP contribution >= 0.6 is 0 Å². The Kier molecular flexibility index (Phi) is 4.45. The molecular weight excluding hydrogens is 450 g/mol. The van der Waals surface area contributed by atoms with Gasteiger partial charge in [-0.1, -0.05) is 84.9 Å². The number of imide groups is 1. The molecule has 0 N–H and O–H groups in total. The van der Waals surface area contributed by atoms with Gasteiger partial charge in [0.1, 0.15) is 6.04 Å². The lowest BCUT2D eigenvalue weighted by atomic mass is 9.83. The SMILES string of the molecule is O=C(c1ccccc1)[C@@H]1[C@H]2C(=O)N(c3ccc4ccccc4c3)C(=O)[C@@H]2[C@H]2c3ccccc3C=NN12. The number of hydrogen-bond donors (Lipinski definition) is 0. The Bertz CT molecular complexity index is 1600. The lowest BCUT2D eigenvalue weighted by Crippen LogP contribution is -2.44. The Morgan fingerprint density at radius 1 is 0.722 bits per heavy atom. The number of nitrogens with zero attached hydrogens (tertiary/aromatic N) is 3. The van der Waals surface area contributed by atoms with Crippen LogP contribution in [0.2, 0.25) is 0 Å². The van der Waals surface area contributed by atoms with Gasteiger partial charge < -0.3 is 0 Å². The summed E-state index contributed by atoms with van der Waals surface area (Å²) in [6, 6.07) is 28.7. The maximum Gasteiger partial charge on any atom is 0.240 e. The summed E-state index contributed by atoms with van der Waals surface area (Å²) in [4.78, 5) is 43.1. The van der Waals surface area contributed by atoms with Crippen molar-refractivity contribution in [1.29, 1.82) is 0 Å². The number of benzene rings is 4. The van der Waals surface area contributed by atoms with Crippen molar-refractivity contribution in [3.05, 3.63) is 114 Å². The molecule has 2 saturated heterocycles. The fourth-order valence-corrected chi connectivity index (χ4v) is 6.01. The molecular formula is C30H21N3O3. The maximum atomic E-state index is 14.0. The van der Waals surface area contributed by atoms with E-state index in [1.54, 1.807) is 41.6 Å². The van der Waals surface area contributed by atoms with Gasteiger partial charge in [0.15, 0.2) is 5.78 Å². The zero-order chi connectivity index (χ0) is 24.4. The number of rotatable bonds is 3. The minimum atomic E-state index is -0.867. The molecule has 3 aliphatic rings. The minimum absolute atomic E-state index is 0.203. The van der Waals surface area contributed by atoms with Crippen LogP contribution in [0.15, 0.2) is 102 Å². The Morgan fingerprint density at radius 3 is 2.25 bits per heavy atom. The zero-order valence-corrected chi connectivity index (χ0v) is 19.2. The van der Waals surface area contributed by atoms with Crippen LogP contribution in [0.1, 0.15) is 27.5 Å². The number of Topliss-reactive ketones (excluding diaryl/α,β-unsaturated/α-hetero) is 1. The van der Waals surface area contributed by atoms with Crippen molar-refractivity contribution in [2.45, 2.75) is 12.1 Å². The van der Waals surface area contributed by atoms with E-state index in [9.17, 15) is 14.4 Å². The van der Waals surface area contributed by atoms with Gasteiger partial charge in [0.25, 0.3) is 0 Å². The van der Waals surface area contributed by atoms with Gasteiger partial charge in [-0.25, -0.2) is 4.90 Å². The van der Waals surface area contributed by atoms with E-state index in [1.807, 2.05) is 66.7 Å². The van der Waals surface area contributed by atoms with Crippen molar-refractivity contribution in [2.75, 3.05) is 4.90 Å². The third-order valence-electron chi connectivity index (χ3n) is 7.61. The van der Waals surface area contributed by atoms with Gasteiger partial charge in [-0.3, -0.25) is 19.4 Å². The van der Waals surface area contributed by atoms with Gasteiger partial charge in [0.05, 0.1) is 29.8 Å². The van der Waals surface area contributed by atoms with E-state index in [-0.39, 0.29) is 17.6 Å². The topological polar surface area (TPSA) is 70.0 Å². The summed E-state index contributed by atoms with van der Waals surface area (Å²) in [5, 5.41) is 8.28. The Hall–Kier alpha value is -4.58. The quantitative estimate of drug-likeness (QED) is 0.323. The maximum absolute atomic E-state index is 14.0. The molecule has 6 heteroatoms. The van der Waals surface area contributed by atoms with Crippen LogP contribution in [0.4, 0.5) is 5.69 Å². The first kappa shape index (κ1) is 20.8. The Balaban J connectivity index is 1.38. The summed E-state index contributed by atoms with van der Waals surface area (Å²) in [6.45, 7) is 0. The van der Waals surface area contributed by atoms with Crippen LogP contribution in [0.5, 0.6) is 0 Å². The van der Waals surface area contributed by atoms with Gasteiger partial charge in [-0.15, -0.1) is 0 Å². The predicted octanol–water partition coefficient (Wildman–Crippen LogP) is 4.60. The van der Waals surface area contributed by atoms with Crippen molar-refractivity contribution in [3.63, 3.8) is 0 Å². The average Bonchev–Trinajstić information content (AvgIpc) is 3.40. The summed E-state index contributed by atoms with van der Waals surface area (Å²) in [5.41, 5.74) is 2.84. The molecule has 2 amide bonds. The molecule has 4 atom stereocenters. The van der Waals surface area contributed by atoms with E-state index in [4.69, 9.17) is 0 Å². The number of amides is 2. The first-order valence-corrected chi connectivity index (χ1v) is 12.0. The highest BCUT2D eigenvalue weighted by atomic mass is 16.2. The highest BCUT2D eigenvalue weighted by Gasteiger charge is 2.65. The highest BCUT2D eigenvalue weighted by molar-refractivity contribution is 6.25. The Labute approximate surface area is 207 Å². The molecule has 0 radical (unpaired) electrons. The molecule has 0 spiro atoms. The van der Waals surface area contributed by atoms with E-state index in [0.29, 0.717) is 11.3 Å². The molecule has 0 aromatic heterocycles. The molecule has 7 rings (SSSR count). The average molecular weight is 472 g/mol. The van der Waals surface area contributed by atoms with Crippen molar-refractivity contribution in [2.24, 2.45) is 16.9 Å². The van der Waals surface area contributed by atoms with E-state index in [1.165, 1.54) is 4.90 Å². The van der Waals surface area contributed by atoms with Gasteiger partial charge in [0, 0.05) is 5.56 Å². The molecule has 0 unspecified atom stereocenters. The van der Waals surface area contributed by atoms with Gasteiger partial charge in [0.2, 0.25) is 11.8 Å². The van der Waals surface area contributed by atoms with Crippen LogP contribution in [-0.4, -0.2) is 34.9 Å². The lowest BCUT2D eigenvalue weighted by molar-refractivity contribution is -0.124. The standard InChI is InChI=1S/C30H21N3O3/c34-28(19-9-2-1-3-10-19)27-25-24(26-23-13-7-6-12-21(23)17-31-33(26)27)29(35)32(30(25)36)22-15-14-18-8-4-5-11-20(18)16-22/h1-17,24-27H/t24-,25-,26+,27-/m0/s1. The summed E-state index contributed by atoms with van der Waals surface area (Å²) in [6.07, 6.45) is 1.72. The number of hydrogen-bond acceptors (Lipinski definition) is 5. The summed E-state index contributed by atoms with van der Waals surface area (Å²) in [5.74, 6) is -2.38. The highest BCUT2D eigenvalue weighted by Crippen LogP contribution is 2.53. The number of carbonyl (C=O) groups excluding carboxylic acids is 3. The third-order valence-corrected chi connectivity index (χ3v) is 7.61. The lowest BCUT2D eigenvalue weighted by Gasteiger charge is -2.33. The molecule has 3 aliphatic heterocycles. The first-order valence-electron chi connectivity index (χ1n) is 12.0. The van der Waals surface area contributed by atoms with E-state index in [2.05, 4.69) is 5.10 Å². The molecule has 4 aromatic rings. The van der Waals surface area contributed by atoms with Crippen LogP contribution < -0.4 is 4.90 Å². The fraction of sp³-hybridized carbons (Fsp3) is 0.133. The zero-order valence-electron chi connectivity index (χ0n) is 19.2. The van der Waals surface area contributed by atoms with Crippen molar-refractivity contribution in [1.82, 2.24) is 5.01 Å². The molecule has 174 valence electrons. The Morgan fingerprint density at radius 2 is 1.42 bits per heavy atom. The van der Waals surface area contributed by atoms with E-state index < -0.39 is 23.9 Å². The van der Waals surface area contributed by atoms with Crippen molar-refractivity contribution >= 4 is 40.3 Å². The summed E-state index contributed by atoms with van der Waals surface area (Å²) < 4.78 is 0. The normalized spacial score (nSPS) is 24.1. The first-order chi connectivity index (χ1) is 17.6. The van der Waals surface area contributed by atoms with Gasteiger partial charge >= 0.3 is 0 Å². The molecule has 4 aromatic carbocycles. The van der Waals surface area contributed by atoms with Crippen LogP contribution in [0.3, 0.4) is 0 Å². The molecule has 2 fully saturated rings. The number of fused-ring (bicyclic) bond motifs is 6. The van der Waals surface area contributed by atoms with Crippen molar-refractivity contribution in [3.8, 4) is 0 Å². The largest absolute Gasteiger partial charge is 0.292 e. The molecule has 0 aliphatic carbocycles. The van der Waals surface area contributed by atoms with Gasteiger partial charge in [-0.05, 0) is 34.0 Å². The van der Waals surface area contributed by atoms with Gasteiger partial charge in [-0.2, -0.15) is 5.10 Å². The summed E-state index contributed by atoms with van der Waals surface area (Å²) >= 11 is 0. The smallest absolute Gasteiger partial charge is 0.240 e. The van der Waals surface area contributed by atoms with E-state index in [0.717, 1.165) is 21.9 Å². The molecule has 0 saturated carbocycles. The molecule has 36 heavy (non-hydrogen) atoms. The molecule has 3 heterocycles. The minimum Gasteiger partial charge on any atom is -0.292 e.